The van der Waals surface area contributed by atoms with Crippen molar-refractivity contribution in [2.75, 3.05) is 38.2 Å². The molecule has 0 radical (unpaired) electrons. The lowest BCUT2D eigenvalue weighted by Gasteiger charge is -2.59. The number of nitrogens with one attached hydrogen (secondary N) is 2. The number of rotatable bonds is 4. The van der Waals surface area contributed by atoms with E-state index in [-0.39, 0.29) is 29.9 Å². The third-order valence-electron chi connectivity index (χ3n) is 6.19. The highest BCUT2D eigenvalue weighted by molar-refractivity contribution is 5.80. The van der Waals surface area contributed by atoms with Gasteiger partial charge in [0.15, 0.2) is 12.4 Å². The quantitative estimate of drug-likeness (QED) is 0.757. The molecule has 2 fully saturated rings. The molecule has 1 spiro atoms. The standard InChI is InChI=1S/C22H24FN5O4/c1-24-20(29)28-7-6-17(32-28)11-31-21(30)25-16-9-22(10-16)12-27(13-22)19-5-2-14-8-15(23)3-4-18(14)26-19/h2-6,8,16H,7,9-13H2,1H3,(H,24,29)(H,25,30). The molecule has 1 aromatic carbocycles. The van der Waals surface area contributed by atoms with Crippen LogP contribution < -0.4 is 15.5 Å². The molecule has 168 valence electrons. The highest BCUT2D eigenvalue weighted by atomic mass is 19.1. The van der Waals surface area contributed by atoms with Gasteiger partial charge < -0.3 is 25.1 Å². The van der Waals surface area contributed by atoms with Crippen LogP contribution in [0, 0.1) is 11.2 Å². The molecule has 3 heterocycles. The molecule has 10 heteroatoms. The van der Waals surface area contributed by atoms with Gasteiger partial charge in [-0.3, -0.25) is 0 Å². The number of nitrogens with zero attached hydrogens (tertiary/aromatic N) is 3. The van der Waals surface area contributed by atoms with E-state index in [2.05, 4.69) is 20.5 Å². The van der Waals surface area contributed by atoms with Gasteiger partial charge in [-0.2, -0.15) is 5.06 Å². The largest absolute Gasteiger partial charge is 0.441 e. The Hall–Kier alpha value is -3.56. The lowest BCUT2D eigenvalue weighted by atomic mass is 9.60. The maximum Gasteiger partial charge on any atom is 0.407 e. The lowest BCUT2D eigenvalue weighted by Crippen LogP contribution is -2.66. The zero-order valence-electron chi connectivity index (χ0n) is 17.6. The van der Waals surface area contributed by atoms with Gasteiger partial charge in [-0.1, -0.05) is 0 Å². The van der Waals surface area contributed by atoms with E-state index in [1.54, 1.807) is 12.1 Å². The summed E-state index contributed by atoms with van der Waals surface area (Å²) >= 11 is 0. The van der Waals surface area contributed by atoms with Crippen LogP contribution in [0.3, 0.4) is 0 Å². The summed E-state index contributed by atoms with van der Waals surface area (Å²) in [5.41, 5.74) is 0.975. The first-order valence-corrected chi connectivity index (χ1v) is 10.5. The Kier molecular flexibility index (Phi) is 4.99. The molecular formula is C22H24FN5O4. The van der Waals surface area contributed by atoms with Crippen molar-refractivity contribution in [1.29, 1.82) is 0 Å². The first-order valence-electron chi connectivity index (χ1n) is 10.5. The van der Waals surface area contributed by atoms with Gasteiger partial charge in [-0.05, 0) is 49.2 Å². The molecule has 1 aliphatic carbocycles. The summed E-state index contributed by atoms with van der Waals surface area (Å²) < 4.78 is 18.5. The highest BCUT2D eigenvalue weighted by Gasteiger charge is 2.53. The van der Waals surface area contributed by atoms with Gasteiger partial charge in [-0.25, -0.2) is 19.0 Å². The van der Waals surface area contributed by atoms with Gasteiger partial charge in [0.1, 0.15) is 11.6 Å². The van der Waals surface area contributed by atoms with Crippen molar-refractivity contribution >= 4 is 28.8 Å². The van der Waals surface area contributed by atoms with E-state index in [0.29, 0.717) is 12.3 Å². The number of ether oxygens (including phenoxy) is 1. The van der Waals surface area contributed by atoms with E-state index in [4.69, 9.17) is 9.57 Å². The fourth-order valence-corrected chi connectivity index (χ4v) is 4.61. The van der Waals surface area contributed by atoms with E-state index >= 15 is 0 Å². The Morgan fingerprint density at radius 2 is 2.09 bits per heavy atom. The van der Waals surface area contributed by atoms with Crippen LogP contribution in [0.1, 0.15) is 12.8 Å². The minimum absolute atomic E-state index is 0.0253. The summed E-state index contributed by atoms with van der Waals surface area (Å²) in [6, 6.07) is 8.14. The number of hydroxylamine groups is 2. The third-order valence-corrected chi connectivity index (χ3v) is 6.19. The predicted octanol–water partition coefficient (Wildman–Crippen LogP) is 2.54. The number of urea groups is 1. The van der Waals surface area contributed by atoms with Crippen molar-refractivity contribution in [1.82, 2.24) is 20.7 Å². The molecule has 32 heavy (non-hydrogen) atoms. The van der Waals surface area contributed by atoms with E-state index in [1.807, 2.05) is 12.1 Å². The molecule has 0 bridgehead atoms. The molecule has 3 aliphatic rings. The number of aromatic nitrogens is 1. The Morgan fingerprint density at radius 1 is 1.28 bits per heavy atom. The van der Waals surface area contributed by atoms with E-state index in [1.165, 1.54) is 19.2 Å². The SMILES string of the molecule is CNC(=O)N1CC=C(COC(=O)NC2CC3(C2)CN(c2ccc4cc(F)ccc4n2)C3)O1. The van der Waals surface area contributed by atoms with Crippen LogP contribution in [0.5, 0.6) is 0 Å². The third kappa shape index (κ3) is 3.88. The van der Waals surface area contributed by atoms with Crippen molar-refractivity contribution in [3.63, 3.8) is 0 Å². The predicted molar refractivity (Wildman–Crippen MR) is 114 cm³/mol. The van der Waals surface area contributed by atoms with Crippen LogP contribution in [0.2, 0.25) is 0 Å². The average Bonchev–Trinajstić information content (AvgIpc) is 3.21. The van der Waals surface area contributed by atoms with Crippen molar-refractivity contribution in [2.45, 2.75) is 18.9 Å². The number of fused-ring (bicyclic) bond motifs is 1. The molecule has 9 nitrogen and oxygen atoms in total. The zero-order valence-corrected chi connectivity index (χ0v) is 17.6. The van der Waals surface area contributed by atoms with Crippen molar-refractivity contribution in [3.05, 3.63) is 48.0 Å². The van der Waals surface area contributed by atoms with Crippen LogP contribution in [-0.2, 0) is 9.57 Å². The second kappa shape index (κ2) is 7.85. The number of alkyl carbamates (subject to hydrolysis) is 1. The Balaban J connectivity index is 1.04. The second-order valence-electron chi connectivity index (χ2n) is 8.57. The number of amides is 3. The molecule has 0 atom stereocenters. The molecule has 1 saturated carbocycles. The van der Waals surface area contributed by atoms with Crippen LogP contribution in [0.25, 0.3) is 10.9 Å². The van der Waals surface area contributed by atoms with Crippen LogP contribution in [0.15, 0.2) is 42.2 Å². The van der Waals surface area contributed by atoms with Crippen molar-refractivity contribution < 1.29 is 23.6 Å². The van der Waals surface area contributed by atoms with Gasteiger partial charge in [0.2, 0.25) is 0 Å². The number of carbonyl (C=O) groups excluding carboxylic acids is 2. The fraction of sp³-hybridized carbons (Fsp3) is 0.409. The summed E-state index contributed by atoms with van der Waals surface area (Å²) in [5, 5.41) is 7.29. The fourth-order valence-electron chi connectivity index (χ4n) is 4.61. The van der Waals surface area contributed by atoms with Crippen molar-refractivity contribution in [2.24, 2.45) is 5.41 Å². The summed E-state index contributed by atoms with van der Waals surface area (Å²) in [6.45, 7) is 2.05. The van der Waals surface area contributed by atoms with E-state index in [9.17, 15) is 14.0 Å². The Morgan fingerprint density at radius 3 is 2.88 bits per heavy atom. The molecule has 2 aromatic rings. The summed E-state index contributed by atoms with van der Waals surface area (Å²) in [5.74, 6) is 1.05. The summed E-state index contributed by atoms with van der Waals surface area (Å²) in [6.07, 6.45) is 2.98. The number of carbonyl (C=O) groups is 2. The van der Waals surface area contributed by atoms with Gasteiger partial charge in [0, 0.05) is 37.0 Å². The minimum Gasteiger partial charge on any atom is -0.441 e. The van der Waals surface area contributed by atoms with E-state index in [0.717, 1.165) is 47.7 Å². The number of anilines is 1. The molecular weight excluding hydrogens is 417 g/mol. The van der Waals surface area contributed by atoms with Crippen LogP contribution in [0.4, 0.5) is 19.8 Å². The molecule has 2 N–H and O–H groups in total. The maximum absolute atomic E-state index is 13.3. The lowest BCUT2D eigenvalue weighted by molar-refractivity contribution is -0.0563. The molecule has 5 rings (SSSR count). The van der Waals surface area contributed by atoms with Gasteiger partial charge in [0.25, 0.3) is 0 Å². The smallest absolute Gasteiger partial charge is 0.407 e. The number of hydrogen-bond acceptors (Lipinski definition) is 6. The van der Waals surface area contributed by atoms with Gasteiger partial charge in [0.05, 0.1) is 12.1 Å². The highest BCUT2D eigenvalue weighted by Crippen LogP contribution is 2.49. The van der Waals surface area contributed by atoms with Crippen molar-refractivity contribution in [3.8, 4) is 0 Å². The number of halogens is 1. The molecule has 1 aromatic heterocycles. The minimum atomic E-state index is -0.493. The number of hydrogen-bond donors (Lipinski definition) is 2. The van der Waals surface area contributed by atoms with Gasteiger partial charge >= 0.3 is 12.1 Å². The van der Waals surface area contributed by atoms with E-state index < -0.39 is 6.09 Å². The van der Waals surface area contributed by atoms with Crippen LogP contribution in [-0.4, -0.2) is 61.5 Å². The second-order valence-corrected chi connectivity index (χ2v) is 8.57. The molecule has 1 saturated heterocycles. The number of pyridine rings is 1. The van der Waals surface area contributed by atoms with Crippen LogP contribution >= 0.6 is 0 Å². The molecule has 2 aliphatic heterocycles. The monoisotopic (exact) mass is 441 g/mol. The maximum atomic E-state index is 13.3. The van der Waals surface area contributed by atoms with Gasteiger partial charge in [-0.15, -0.1) is 0 Å². The summed E-state index contributed by atoms with van der Waals surface area (Å²) in [7, 11) is 1.51. The average molecular weight is 441 g/mol. The Labute approximate surface area is 184 Å². The topological polar surface area (TPSA) is 96.0 Å². The number of benzene rings is 1. The molecule has 3 amide bonds. The normalized spacial score (nSPS) is 19.1. The Bertz CT molecular complexity index is 1090. The molecule has 0 unspecified atom stereocenters. The first-order chi connectivity index (χ1) is 15.4. The zero-order chi connectivity index (χ0) is 22.3. The first kappa shape index (κ1) is 20.3. The summed E-state index contributed by atoms with van der Waals surface area (Å²) in [4.78, 5) is 35.7.